The van der Waals surface area contributed by atoms with Gasteiger partial charge in [-0.25, -0.2) is 9.97 Å². The highest BCUT2D eigenvalue weighted by atomic mass is 16.5. The summed E-state index contributed by atoms with van der Waals surface area (Å²) in [6.07, 6.45) is 5.49. The van der Waals surface area contributed by atoms with Gasteiger partial charge in [-0.2, -0.15) is 0 Å². The second-order valence-corrected chi connectivity index (χ2v) is 4.31. The topological polar surface area (TPSA) is 61.2 Å². The Morgan fingerprint density at radius 3 is 2.95 bits per heavy atom. The lowest BCUT2D eigenvalue weighted by Crippen LogP contribution is -2.21. The summed E-state index contributed by atoms with van der Waals surface area (Å²) in [5.41, 5.74) is 1.03. The van der Waals surface area contributed by atoms with Gasteiger partial charge in [-0.15, -0.1) is 0 Å². The Morgan fingerprint density at radius 1 is 1.25 bits per heavy atom. The molecule has 0 amide bonds. The fourth-order valence-corrected chi connectivity index (χ4v) is 1.94. The van der Waals surface area contributed by atoms with Crippen molar-refractivity contribution < 1.29 is 9.47 Å². The minimum Gasteiger partial charge on any atom is -0.481 e. The van der Waals surface area contributed by atoms with E-state index < -0.39 is 0 Å². The van der Waals surface area contributed by atoms with Crippen molar-refractivity contribution in [2.45, 2.75) is 13.1 Å². The molecule has 0 aromatic carbocycles. The summed E-state index contributed by atoms with van der Waals surface area (Å²) in [4.78, 5) is 8.57. The highest BCUT2D eigenvalue weighted by molar-refractivity contribution is 5.25. The number of imidazole rings is 1. The number of ether oxygens (including phenoxy) is 2. The van der Waals surface area contributed by atoms with Crippen LogP contribution in [0.1, 0.15) is 11.4 Å². The van der Waals surface area contributed by atoms with Crippen LogP contribution in [0.25, 0.3) is 0 Å². The molecule has 6 heteroatoms. The molecule has 2 heterocycles. The molecule has 0 radical (unpaired) electrons. The number of methoxy groups -OCH3 is 2. The van der Waals surface area contributed by atoms with Crippen LogP contribution in [0.4, 0.5) is 0 Å². The Balaban J connectivity index is 2.01. The minimum atomic E-state index is 0.652. The molecule has 0 aliphatic rings. The summed E-state index contributed by atoms with van der Waals surface area (Å²) in [6, 6.07) is 3.92. The molecule has 0 unspecified atom stereocenters. The lowest BCUT2D eigenvalue weighted by Gasteiger charge is -2.11. The lowest BCUT2D eigenvalue weighted by molar-refractivity contribution is 0.199. The van der Waals surface area contributed by atoms with E-state index in [-0.39, 0.29) is 0 Å². The van der Waals surface area contributed by atoms with Crippen molar-refractivity contribution in [1.82, 2.24) is 19.9 Å². The van der Waals surface area contributed by atoms with E-state index >= 15 is 0 Å². The molecule has 0 aliphatic carbocycles. The molecular formula is C14H20N4O2. The zero-order valence-electron chi connectivity index (χ0n) is 11.9. The third kappa shape index (κ3) is 3.79. The Bertz CT molecular complexity index is 527. The first kappa shape index (κ1) is 14.5. The highest BCUT2D eigenvalue weighted by Crippen LogP contribution is 2.15. The Morgan fingerprint density at radius 2 is 2.15 bits per heavy atom. The van der Waals surface area contributed by atoms with Gasteiger partial charge in [-0.3, -0.25) is 0 Å². The van der Waals surface area contributed by atoms with E-state index in [1.54, 1.807) is 26.6 Å². The average molecular weight is 276 g/mol. The van der Waals surface area contributed by atoms with Gasteiger partial charge >= 0.3 is 0 Å². The second kappa shape index (κ2) is 7.62. The fraction of sp³-hybridized carbons (Fsp3) is 0.429. The number of hydrogen-bond donors (Lipinski definition) is 1. The number of nitrogens with one attached hydrogen (secondary N) is 1. The predicted octanol–water partition coefficient (Wildman–Crippen LogP) is 1.07. The molecule has 0 spiro atoms. The van der Waals surface area contributed by atoms with Gasteiger partial charge in [0.1, 0.15) is 5.82 Å². The van der Waals surface area contributed by atoms with Crippen LogP contribution in [0.3, 0.4) is 0 Å². The van der Waals surface area contributed by atoms with Gasteiger partial charge in [0.2, 0.25) is 5.88 Å². The molecule has 1 N–H and O–H groups in total. The van der Waals surface area contributed by atoms with Gasteiger partial charge in [-0.1, -0.05) is 6.07 Å². The van der Waals surface area contributed by atoms with Crippen molar-refractivity contribution in [1.29, 1.82) is 0 Å². The van der Waals surface area contributed by atoms with Gasteiger partial charge < -0.3 is 19.4 Å². The third-order valence-corrected chi connectivity index (χ3v) is 2.95. The van der Waals surface area contributed by atoms with Crippen LogP contribution in [0.2, 0.25) is 0 Å². The van der Waals surface area contributed by atoms with Crippen molar-refractivity contribution in [3.8, 4) is 5.88 Å². The van der Waals surface area contributed by atoms with Gasteiger partial charge in [-0.05, 0) is 6.07 Å². The fourth-order valence-electron chi connectivity index (χ4n) is 1.94. The first-order valence-electron chi connectivity index (χ1n) is 6.52. The summed E-state index contributed by atoms with van der Waals surface area (Å²) in [5, 5.41) is 3.29. The number of aromatic nitrogens is 3. The van der Waals surface area contributed by atoms with Crippen LogP contribution in [-0.2, 0) is 17.8 Å². The molecule has 6 nitrogen and oxygen atoms in total. The van der Waals surface area contributed by atoms with Gasteiger partial charge in [0, 0.05) is 37.8 Å². The summed E-state index contributed by atoms with van der Waals surface area (Å²) in [5.74, 6) is 1.63. The first-order chi connectivity index (χ1) is 9.85. The number of nitrogens with zero attached hydrogens (tertiary/aromatic N) is 3. The van der Waals surface area contributed by atoms with E-state index in [0.717, 1.165) is 17.9 Å². The minimum absolute atomic E-state index is 0.652. The molecule has 108 valence electrons. The van der Waals surface area contributed by atoms with Crippen molar-refractivity contribution >= 4 is 0 Å². The molecule has 0 saturated heterocycles. The maximum absolute atomic E-state index is 5.27. The number of rotatable bonds is 8. The second-order valence-electron chi connectivity index (χ2n) is 4.31. The summed E-state index contributed by atoms with van der Waals surface area (Å²) in [7, 11) is 3.32. The molecule has 0 bridgehead atoms. The molecule has 2 rings (SSSR count). The van der Waals surface area contributed by atoms with Crippen LogP contribution in [0.15, 0.2) is 30.7 Å². The van der Waals surface area contributed by atoms with Crippen LogP contribution >= 0.6 is 0 Å². The molecule has 0 aliphatic heterocycles. The van der Waals surface area contributed by atoms with E-state index in [9.17, 15) is 0 Å². The van der Waals surface area contributed by atoms with Crippen molar-refractivity contribution in [2.75, 3.05) is 27.4 Å². The van der Waals surface area contributed by atoms with E-state index in [4.69, 9.17) is 9.47 Å². The zero-order chi connectivity index (χ0) is 14.2. The molecule has 20 heavy (non-hydrogen) atoms. The summed E-state index contributed by atoms with van der Waals surface area (Å²) < 4.78 is 12.4. The smallest absolute Gasteiger partial charge is 0.218 e. The normalized spacial score (nSPS) is 10.7. The van der Waals surface area contributed by atoms with Gasteiger partial charge in [0.05, 0.1) is 26.8 Å². The molecular weight excluding hydrogens is 256 g/mol. The Kier molecular flexibility index (Phi) is 5.52. The Labute approximate surface area is 118 Å². The van der Waals surface area contributed by atoms with Crippen molar-refractivity contribution in [2.24, 2.45) is 0 Å². The highest BCUT2D eigenvalue weighted by Gasteiger charge is 2.07. The molecule has 0 fully saturated rings. The SMILES string of the molecule is COCCNCc1nccn1Cc1cccnc1OC. The number of pyridine rings is 1. The lowest BCUT2D eigenvalue weighted by atomic mass is 10.2. The summed E-state index contributed by atoms with van der Waals surface area (Å²) >= 11 is 0. The van der Waals surface area contributed by atoms with Crippen molar-refractivity contribution in [3.05, 3.63) is 42.1 Å². The molecule has 0 saturated carbocycles. The monoisotopic (exact) mass is 276 g/mol. The first-order valence-corrected chi connectivity index (χ1v) is 6.52. The maximum Gasteiger partial charge on any atom is 0.218 e. The quantitative estimate of drug-likeness (QED) is 0.731. The van der Waals surface area contributed by atoms with E-state index in [1.807, 2.05) is 18.3 Å². The summed E-state index contributed by atoms with van der Waals surface area (Å²) in [6.45, 7) is 2.90. The van der Waals surface area contributed by atoms with E-state index in [0.29, 0.717) is 25.6 Å². The van der Waals surface area contributed by atoms with Crippen LogP contribution in [-0.4, -0.2) is 41.9 Å². The van der Waals surface area contributed by atoms with Crippen LogP contribution in [0.5, 0.6) is 5.88 Å². The van der Waals surface area contributed by atoms with Gasteiger partial charge in [0.15, 0.2) is 0 Å². The molecule has 2 aromatic heterocycles. The Hall–Kier alpha value is -1.92. The largest absolute Gasteiger partial charge is 0.481 e. The van der Waals surface area contributed by atoms with Gasteiger partial charge in [0.25, 0.3) is 0 Å². The van der Waals surface area contributed by atoms with Crippen molar-refractivity contribution in [3.63, 3.8) is 0 Å². The number of hydrogen-bond acceptors (Lipinski definition) is 5. The molecule has 2 aromatic rings. The van der Waals surface area contributed by atoms with E-state index in [1.165, 1.54) is 0 Å². The standard InChI is InChI=1S/C14H20N4O2/c1-19-9-7-15-10-13-16-6-8-18(13)11-12-4-3-5-17-14(12)20-2/h3-6,8,15H,7,9-11H2,1-2H3. The predicted molar refractivity (Wildman–Crippen MR) is 75.7 cm³/mol. The third-order valence-electron chi connectivity index (χ3n) is 2.95. The van der Waals surface area contributed by atoms with Crippen LogP contribution < -0.4 is 10.1 Å². The van der Waals surface area contributed by atoms with Crippen LogP contribution in [0, 0.1) is 0 Å². The van der Waals surface area contributed by atoms with E-state index in [2.05, 4.69) is 19.9 Å². The maximum atomic E-state index is 5.27. The zero-order valence-corrected chi connectivity index (χ0v) is 11.9. The average Bonchev–Trinajstić information content (AvgIpc) is 2.91. The molecule has 0 atom stereocenters.